The van der Waals surface area contributed by atoms with Gasteiger partial charge in [-0.25, -0.2) is 0 Å². The average molecular weight is 207 g/mol. The van der Waals surface area contributed by atoms with Gasteiger partial charge in [-0.15, -0.1) is 0 Å². The lowest BCUT2D eigenvalue weighted by Gasteiger charge is -2.62. The molecule has 4 rings (SSSR count). The molecule has 2 bridgehead atoms. The first-order valence-electron chi connectivity index (χ1n) is 6.58. The Morgan fingerprint density at radius 3 is 2.00 bits per heavy atom. The smallest absolute Gasteiger partial charge is 0.0244 e. The maximum absolute atomic E-state index is 6.64. The van der Waals surface area contributed by atoms with Gasteiger partial charge in [0.1, 0.15) is 0 Å². The fourth-order valence-corrected chi connectivity index (χ4v) is 4.75. The molecule has 1 heteroatoms. The molecule has 4 fully saturated rings. The van der Waals surface area contributed by atoms with E-state index >= 15 is 0 Å². The van der Waals surface area contributed by atoms with E-state index in [0.717, 1.165) is 17.8 Å². The molecule has 2 N–H and O–H groups in total. The molecular weight excluding hydrogens is 182 g/mol. The van der Waals surface area contributed by atoms with Crippen molar-refractivity contribution < 1.29 is 0 Å². The molecule has 2 unspecified atom stereocenters. The Hall–Kier alpha value is -0.0400. The quantitative estimate of drug-likeness (QED) is 0.702. The zero-order valence-electron chi connectivity index (χ0n) is 10.6. The fraction of sp³-hybridized carbons (Fsp3) is 1.00. The summed E-state index contributed by atoms with van der Waals surface area (Å²) < 4.78 is 0. The summed E-state index contributed by atoms with van der Waals surface area (Å²) in [5.74, 6) is 2.74. The van der Waals surface area contributed by atoms with E-state index in [-0.39, 0.29) is 5.54 Å². The van der Waals surface area contributed by atoms with Crippen molar-refractivity contribution in [1.29, 1.82) is 0 Å². The Balaban J connectivity index is 1.84. The summed E-state index contributed by atoms with van der Waals surface area (Å²) in [5.41, 5.74) is 7.82. The summed E-state index contributed by atoms with van der Waals surface area (Å²) in [7, 11) is 0. The fourth-order valence-electron chi connectivity index (χ4n) is 4.75. The van der Waals surface area contributed by atoms with Crippen molar-refractivity contribution in [2.45, 2.75) is 58.9 Å². The van der Waals surface area contributed by atoms with Crippen LogP contribution in [-0.4, -0.2) is 5.54 Å². The number of hydrogen-bond donors (Lipinski definition) is 1. The van der Waals surface area contributed by atoms with Gasteiger partial charge in [-0.1, -0.05) is 27.7 Å². The van der Waals surface area contributed by atoms with E-state index < -0.39 is 0 Å². The summed E-state index contributed by atoms with van der Waals surface area (Å²) in [6.07, 6.45) is 5.55. The van der Waals surface area contributed by atoms with Crippen LogP contribution in [0.2, 0.25) is 0 Å². The second kappa shape index (κ2) is 2.45. The van der Waals surface area contributed by atoms with Crippen molar-refractivity contribution in [1.82, 2.24) is 0 Å². The SMILES string of the molecule is CC1(C)[C@H]2CCC(C3(N)CC3(C)C)[C@@H]1C2. The van der Waals surface area contributed by atoms with Crippen LogP contribution in [0.3, 0.4) is 0 Å². The highest BCUT2D eigenvalue weighted by Gasteiger charge is 2.68. The average Bonchev–Trinajstić information content (AvgIpc) is 2.67. The molecular formula is C14H25N. The molecule has 4 saturated carbocycles. The monoisotopic (exact) mass is 207 g/mol. The molecule has 4 aliphatic rings. The Morgan fingerprint density at radius 2 is 1.60 bits per heavy atom. The second-order valence-corrected chi connectivity index (χ2v) is 7.65. The first kappa shape index (κ1) is 10.1. The van der Waals surface area contributed by atoms with Gasteiger partial charge < -0.3 is 5.73 Å². The predicted molar refractivity (Wildman–Crippen MR) is 63.4 cm³/mol. The van der Waals surface area contributed by atoms with Crippen LogP contribution >= 0.6 is 0 Å². The Kier molecular flexibility index (Phi) is 1.65. The first-order chi connectivity index (χ1) is 6.79. The minimum atomic E-state index is 0.181. The third kappa shape index (κ3) is 1.03. The van der Waals surface area contributed by atoms with E-state index in [1.165, 1.54) is 25.7 Å². The van der Waals surface area contributed by atoms with Crippen LogP contribution in [0.5, 0.6) is 0 Å². The van der Waals surface area contributed by atoms with Crippen LogP contribution in [-0.2, 0) is 0 Å². The summed E-state index contributed by atoms with van der Waals surface area (Å²) in [5, 5.41) is 0. The molecule has 86 valence electrons. The molecule has 0 aromatic carbocycles. The number of hydrogen-bond acceptors (Lipinski definition) is 1. The van der Waals surface area contributed by atoms with E-state index in [4.69, 9.17) is 5.73 Å². The lowest BCUT2D eigenvalue weighted by atomic mass is 9.44. The summed E-state index contributed by atoms with van der Waals surface area (Å²) in [6, 6.07) is 0. The topological polar surface area (TPSA) is 26.0 Å². The molecule has 0 radical (unpaired) electrons. The molecule has 0 spiro atoms. The number of nitrogens with two attached hydrogens (primary N) is 1. The maximum Gasteiger partial charge on any atom is 0.0244 e. The molecule has 1 nitrogen and oxygen atoms in total. The lowest BCUT2D eigenvalue weighted by molar-refractivity contribution is -0.117. The van der Waals surface area contributed by atoms with Crippen LogP contribution in [0, 0.1) is 28.6 Å². The standard InChI is InChI=1S/C14H25N/c1-12(2)8-14(12,15)10-6-5-9-7-11(10)13(9,3)4/h9-11H,5-8,15H2,1-4H3/t9-,10?,11-,14?/m0/s1. The van der Waals surface area contributed by atoms with Crippen molar-refractivity contribution in [2.75, 3.05) is 0 Å². The van der Waals surface area contributed by atoms with Crippen LogP contribution in [0.25, 0.3) is 0 Å². The number of fused-ring (bicyclic) bond motifs is 2. The molecule has 0 saturated heterocycles. The van der Waals surface area contributed by atoms with Gasteiger partial charge in [0.15, 0.2) is 0 Å². The van der Waals surface area contributed by atoms with Gasteiger partial charge in [0.05, 0.1) is 0 Å². The van der Waals surface area contributed by atoms with Crippen molar-refractivity contribution in [2.24, 2.45) is 34.3 Å². The van der Waals surface area contributed by atoms with Gasteiger partial charge in [-0.3, -0.25) is 0 Å². The molecule has 0 amide bonds. The normalized spacial score (nSPS) is 54.6. The Labute approximate surface area is 93.8 Å². The predicted octanol–water partition coefficient (Wildman–Crippen LogP) is 3.19. The zero-order valence-corrected chi connectivity index (χ0v) is 10.6. The van der Waals surface area contributed by atoms with E-state index in [1.807, 2.05) is 0 Å². The molecule has 0 aliphatic heterocycles. The highest BCUT2D eigenvalue weighted by Crippen LogP contribution is 2.70. The summed E-state index contributed by atoms with van der Waals surface area (Å²) >= 11 is 0. The van der Waals surface area contributed by atoms with Crippen molar-refractivity contribution in [3.05, 3.63) is 0 Å². The van der Waals surface area contributed by atoms with Gasteiger partial charge in [0.2, 0.25) is 0 Å². The Morgan fingerprint density at radius 1 is 1.00 bits per heavy atom. The molecule has 4 atom stereocenters. The number of rotatable bonds is 1. The van der Waals surface area contributed by atoms with Crippen LogP contribution in [0.1, 0.15) is 53.4 Å². The van der Waals surface area contributed by atoms with E-state index in [0.29, 0.717) is 10.8 Å². The third-order valence-corrected chi connectivity index (χ3v) is 6.39. The Bertz CT molecular complexity index is 302. The second-order valence-electron chi connectivity index (χ2n) is 7.65. The molecule has 0 aromatic heterocycles. The van der Waals surface area contributed by atoms with Crippen LogP contribution in [0.4, 0.5) is 0 Å². The van der Waals surface area contributed by atoms with E-state index in [1.54, 1.807) is 0 Å². The lowest BCUT2D eigenvalue weighted by Crippen LogP contribution is -2.58. The van der Waals surface area contributed by atoms with Gasteiger partial charge >= 0.3 is 0 Å². The highest BCUT2D eigenvalue weighted by molar-refractivity contribution is 5.22. The van der Waals surface area contributed by atoms with Crippen molar-refractivity contribution in [3.8, 4) is 0 Å². The van der Waals surface area contributed by atoms with E-state index in [2.05, 4.69) is 27.7 Å². The van der Waals surface area contributed by atoms with Crippen LogP contribution in [0.15, 0.2) is 0 Å². The van der Waals surface area contributed by atoms with E-state index in [9.17, 15) is 0 Å². The minimum absolute atomic E-state index is 0.181. The summed E-state index contributed by atoms with van der Waals surface area (Å²) in [4.78, 5) is 0. The zero-order chi connectivity index (χ0) is 11.1. The molecule has 0 heterocycles. The van der Waals surface area contributed by atoms with Gasteiger partial charge in [-0.2, -0.15) is 0 Å². The van der Waals surface area contributed by atoms with Crippen molar-refractivity contribution >= 4 is 0 Å². The highest BCUT2D eigenvalue weighted by atomic mass is 14.9. The maximum atomic E-state index is 6.64. The van der Waals surface area contributed by atoms with Crippen molar-refractivity contribution in [3.63, 3.8) is 0 Å². The van der Waals surface area contributed by atoms with Gasteiger partial charge in [0, 0.05) is 5.54 Å². The van der Waals surface area contributed by atoms with Crippen LogP contribution < -0.4 is 5.73 Å². The summed E-state index contributed by atoms with van der Waals surface area (Å²) in [6.45, 7) is 9.64. The minimum Gasteiger partial charge on any atom is -0.324 e. The third-order valence-electron chi connectivity index (χ3n) is 6.39. The largest absolute Gasteiger partial charge is 0.324 e. The molecule has 0 aromatic rings. The molecule has 15 heavy (non-hydrogen) atoms. The molecule has 4 aliphatic carbocycles. The first-order valence-corrected chi connectivity index (χ1v) is 6.58. The van der Waals surface area contributed by atoms with Gasteiger partial charge in [0.25, 0.3) is 0 Å². The van der Waals surface area contributed by atoms with Gasteiger partial charge in [-0.05, 0) is 54.3 Å².